The van der Waals surface area contributed by atoms with E-state index in [2.05, 4.69) is 20.6 Å². The van der Waals surface area contributed by atoms with Gasteiger partial charge in [-0.15, -0.1) is 0 Å². The summed E-state index contributed by atoms with van der Waals surface area (Å²) in [5, 5.41) is 7.65. The Morgan fingerprint density at radius 3 is 3.17 bits per heavy atom. The number of nitrogens with one attached hydrogen (secondary N) is 2. The van der Waals surface area contributed by atoms with Gasteiger partial charge in [0.2, 0.25) is 5.95 Å². The van der Waals surface area contributed by atoms with Gasteiger partial charge in [0.25, 0.3) is 0 Å². The zero-order valence-corrected chi connectivity index (χ0v) is 10.3. The fraction of sp³-hybridized carbons (Fsp3) is 0.385. The highest BCUT2D eigenvalue weighted by molar-refractivity contribution is 5.80. The van der Waals surface area contributed by atoms with Crippen molar-refractivity contribution in [2.45, 2.75) is 12.5 Å². The second-order valence-electron chi connectivity index (χ2n) is 4.45. The lowest BCUT2D eigenvalue weighted by atomic mass is 10.2. The second-order valence-corrected chi connectivity index (χ2v) is 4.45. The quantitative estimate of drug-likeness (QED) is 0.855. The highest BCUT2D eigenvalue weighted by Crippen LogP contribution is 2.19. The largest absolute Gasteiger partial charge is 0.497 e. The molecule has 0 radical (unpaired) electrons. The molecule has 94 valence electrons. The van der Waals surface area contributed by atoms with Crippen molar-refractivity contribution in [1.29, 1.82) is 0 Å². The van der Waals surface area contributed by atoms with Crippen LogP contribution in [0.15, 0.2) is 24.4 Å². The number of ether oxygens (including phenoxy) is 1. The number of hydrogen-bond donors (Lipinski definition) is 2. The SMILES string of the molecule is COc1ccc2nc(NC3CCNC3)ncc2c1. The van der Waals surface area contributed by atoms with E-state index in [-0.39, 0.29) is 0 Å². The topological polar surface area (TPSA) is 59.1 Å². The van der Waals surface area contributed by atoms with Gasteiger partial charge in [0, 0.05) is 24.2 Å². The molecule has 18 heavy (non-hydrogen) atoms. The fourth-order valence-electron chi connectivity index (χ4n) is 2.17. The molecule has 2 aromatic rings. The Labute approximate surface area is 106 Å². The number of fused-ring (bicyclic) bond motifs is 1. The summed E-state index contributed by atoms with van der Waals surface area (Å²) in [5.41, 5.74) is 0.930. The molecule has 1 saturated heterocycles. The van der Waals surface area contributed by atoms with Crippen LogP contribution >= 0.6 is 0 Å². The number of benzene rings is 1. The van der Waals surface area contributed by atoms with Crippen LogP contribution in [0.4, 0.5) is 5.95 Å². The molecule has 1 aliphatic rings. The summed E-state index contributed by atoms with van der Waals surface area (Å²) in [5.74, 6) is 1.52. The van der Waals surface area contributed by atoms with Gasteiger partial charge >= 0.3 is 0 Å². The fourth-order valence-corrected chi connectivity index (χ4v) is 2.17. The molecular weight excluding hydrogens is 228 g/mol. The zero-order chi connectivity index (χ0) is 12.4. The first kappa shape index (κ1) is 11.2. The Hall–Kier alpha value is -1.88. The van der Waals surface area contributed by atoms with Crippen LogP contribution in [0.5, 0.6) is 5.75 Å². The van der Waals surface area contributed by atoms with E-state index in [1.165, 1.54) is 0 Å². The first-order valence-corrected chi connectivity index (χ1v) is 6.13. The Morgan fingerprint density at radius 2 is 2.39 bits per heavy atom. The predicted octanol–water partition coefficient (Wildman–Crippen LogP) is 1.41. The molecule has 0 saturated carbocycles. The minimum atomic E-state index is 0.431. The van der Waals surface area contributed by atoms with Crippen molar-refractivity contribution < 1.29 is 4.74 Å². The van der Waals surface area contributed by atoms with Crippen molar-refractivity contribution in [3.63, 3.8) is 0 Å². The maximum Gasteiger partial charge on any atom is 0.223 e. The normalized spacial score (nSPS) is 19.1. The van der Waals surface area contributed by atoms with Gasteiger partial charge in [0.15, 0.2) is 0 Å². The summed E-state index contributed by atoms with van der Waals surface area (Å²) in [6.45, 7) is 2.03. The number of anilines is 1. The molecule has 5 nitrogen and oxygen atoms in total. The van der Waals surface area contributed by atoms with Crippen LogP contribution < -0.4 is 15.4 Å². The van der Waals surface area contributed by atoms with Gasteiger partial charge in [-0.1, -0.05) is 0 Å². The predicted molar refractivity (Wildman–Crippen MR) is 71.0 cm³/mol. The van der Waals surface area contributed by atoms with Crippen molar-refractivity contribution >= 4 is 16.9 Å². The number of methoxy groups -OCH3 is 1. The van der Waals surface area contributed by atoms with Crippen LogP contribution in [0.3, 0.4) is 0 Å². The van der Waals surface area contributed by atoms with Gasteiger partial charge < -0.3 is 15.4 Å². The summed E-state index contributed by atoms with van der Waals surface area (Å²) in [6, 6.07) is 6.24. The summed E-state index contributed by atoms with van der Waals surface area (Å²) >= 11 is 0. The van der Waals surface area contributed by atoms with Crippen molar-refractivity contribution in [3.05, 3.63) is 24.4 Å². The first-order valence-electron chi connectivity index (χ1n) is 6.13. The van der Waals surface area contributed by atoms with E-state index in [1.54, 1.807) is 7.11 Å². The molecule has 1 aromatic heterocycles. The van der Waals surface area contributed by atoms with Gasteiger partial charge in [-0.05, 0) is 31.2 Å². The second kappa shape index (κ2) is 4.78. The average Bonchev–Trinajstić information content (AvgIpc) is 2.91. The summed E-state index contributed by atoms with van der Waals surface area (Å²) in [4.78, 5) is 8.85. The Morgan fingerprint density at radius 1 is 1.44 bits per heavy atom. The van der Waals surface area contributed by atoms with Crippen molar-refractivity contribution in [2.75, 3.05) is 25.5 Å². The molecule has 3 rings (SSSR count). The van der Waals surface area contributed by atoms with Gasteiger partial charge in [0.05, 0.1) is 12.6 Å². The molecule has 0 bridgehead atoms. The van der Waals surface area contributed by atoms with Crippen molar-refractivity contribution in [3.8, 4) is 5.75 Å². The van der Waals surface area contributed by atoms with Crippen LogP contribution in [0.25, 0.3) is 10.9 Å². The number of aromatic nitrogens is 2. The van der Waals surface area contributed by atoms with Gasteiger partial charge in [-0.25, -0.2) is 9.97 Å². The third-order valence-electron chi connectivity index (χ3n) is 3.18. The van der Waals surface area contributed by atoms with Crippen LogP contribution in [0, 0.1) is 0 Å². The summed E-state index contributed by atoms with van der Waals surface area (Å²) < 4.78 is 5.18. The van der Waals surface area contributed by atoms with Crippen LogP contribution in [0.2, 0.25) is 0 Å². The van der Waals surface area contributed by atoms with Gasteiger partial charge in [-0.3, -0.25) is 0 Å². The van der Waals surface area contributed by atoms with E-state index >= 15 is 0 Å². The molecular formula is C13H16N4O. The lowest BCUT2D eigenvalue weighted by Gasteiger charge is -2.11. The van der Waals surface area contributed by atoms with Crippen molar-refractivity contribution in [2.24, 2.45) is 0 Å². The number of hydrogen-bond acceptors (Lipinski definition) is 5. The third kappa shape index (κ3) is 2.22. The highest BCUT2D eigenvalue weighted by atomic mass is 16.5. The highest BCUT2D eigenvalue weighted by Gasteiger charge is 2.14. The minimum Gasteiger partial charge on any atom is -0.497 e. The molecule has 1 aliphatic heterocycles. The Balaban J connectivity index is 1.86. The maximum atomic E-state index is 5.18. The molecule has 2 N–H and O–H groups in total. The lowest BCUT2D eigenvalue weighted by Crippen LogP contribution is -2.23. The van der Waals surface area contributed by atoms with Crippen LogP contribution in [0.1, 0.15) is 6.42 Å². The molecule has 5 heteroatoms. The monoisotopic (exact) mass is 244 g/mol. The van der Waals surface area contributed by atoms with Gasteiger partial charge in [-0.2, -0.15) is 0 Å². The van der Waals surface area contributed by atoms with E-state index in [0.717, 1.165) is 36.2 Å². The van der Waals surface area contributed by atoms with Crippen molar-refractivity contribution in [1.82, 2.24) is 15.3 Å². The van der Waals surface area contributed by atoms with Crippen LogP contribution in [-0.4, -0.2) is 36.2 Å². The summed E-state index contributed by atoms with van der Waals surface area (Å²) in [7, 11) is 1.66. The Kier molecular flexibility index (Phi) is 2.98. The maximum absolute atomic E-state index is 5.18. The average molecular weight is 244 g/mol. The first-order chi connectivity index (χ1) is 8.85. The molecule has 1 unspecified atom stereocenters. The minimum absolute atomic E-state index is 0.431. The standard InChI is InChI=1S/C13H16N4O/c1-18-11-2-3-12-9(6-11)7-15-13(17-12)16-10-4-5-14-8-10/h2-3,6-7,10,14H,4-5,8H2,1H3,(H,15,16,17). The van der Waals surface area contributed by atoms with Gasteiger partial charge in [0.1, 0.15) is 5.75 Å². The zero-order valence-electron chi connectivity index (χ0n) is 10.3. The smallest absolute Gasteiger partial charge is 0.223 e. The van der Waals surface area contributed by atoms with E-state index in [0.29, 0.717) is 12.0 Å². The van der Waals surface area contributed by atoms with E-state index in [4.69, 9.17) is 4.74 Å². The Bertz CT molecular complexity index is 552. The molecule has 1 fully saturated rings. The molecule has 0 amide bonds. The number of rotatable bonds is 3. The van der Waals surface area contributed by atoms with E-state index in [1.807, 2.05) is 24.4 Å². The molecule has 0 aliphatic carbocycles. The molecule has 2 heterocycles. The molecule has 1 aromatic carbocycles. The number of nitrogens with zero attached hydrogens (tertiary/aromatic N) is 2. The summed E-state index contributed by atoms with van der Waals surface area (Å²) in [6.07, 6.45) is 2.94. The van der Waals surface area contributed by atoms with E-state index in [9.17, 15) is 0 Å². The molecule has 1 atom stereocenters. The third-order valence-corrected chi connectivity index (χ3v) is 3.18. The molecule has 0 spiro atoms. The lowest BCUT2D eigenvalue weighted by molar-refractivity contribution is 0.415. The van der Waals surface area contributed by atoms with E-state index < -0.39 is 0 Å². The van der Waals surface area contributed by atoms with Crippen LogP contribution in [-0.2, 0) is 0 Å².